The standard InChI is InChI=1S/C25H31F2NO11S.ClH/c1-11(2)38-23(32)36-9-34-21(30)18-17-19(18)25(28,22(31)35-10-37-24(33)39-12(3)4)14(20(17)29)8-40-13-5-6-15(26)16(27)7-13;/h5-7,11-12,14,17-20,29H,8-10,28H2,1-4H3;1H/t14-,17+,18+,19+,20-,25+;/m1./s1. The predicted octanol–water partition coefficient (Wildman–Crippen LogP) is 3.15. The van der Waals surface area contributed by atoms with E-state index in [1.54, 1.807) is 27.7 Å². The summed E-state index contributed by atoms with van der Waals surface area (Å²) in [4.78, 5) is 49.3. The number of hydrogen-bond donors (Lipinski definition) is 2. The predicted molar refractivity (Wildman–Crippen MR) is 139 cm³/mol. The van der Waals surface area contributed by atoms with Gasteiger partial charge in [-0.15, -0.1) is 24.2 Å². The molecule has 16 heteroatoms. The Labute approximate surface area is 244 Å². The van der Waals surface area contributed by atoms with Gasteiger partial charge in [-0.2, -0.15) is 0 Å². The Balaban J connectivity index is 0.00000588. The largest absolute Gasteiger partial charge is 0.511 e. The third-order valence-corrected chi connectivity index (χ3v) is 7.52. The molecular formula is C25H32ClF2NO11S. The van der Waals surface area contributed by atoms with Crippen LogP contribution >= 0.6 is 24.2 Å². The van der Waals surface area contributed by atoms with Crippen LogP contribution < -0.4 is 5.73 Å². The average molecular weight is 628 g/mol. The summed E-state index contributed by atoms with van der Waals surface area (Å²) in [5.74, 6) is -7.89. The number of hydrogen-bond acceptors (Lipinski definition) is 13. The summed E-state index contributed by atoms with van der Waals surface area (Å²) in [6.45, 7) is 4.75. The first kappa shape index (κ1) is 34.3. The summed E-state index contributed by atoms with van der Waals surface area (Å²) in [5.41, 5.74) is 4.58. The second-order valence-corrected chi connectivity index (χ2v) is 10.9. The van der Waals surface area contributed by atoms with E-state index in [1.807, 2.05) is 0 Å². The van der Waals surface area contributed by atoms with Crippen LogP contribution in [0.4, 0.5) is 18.4 Å². The molecule has 0 radical (unpaired) electrons. The van der Waals surface area contributed by atoms with Gasteiger partial charge in [0.15, 0.2) is 11.6 Å². The van der Waals surface area contributed by atoms with Crippen LogP contribution in [0.25, 0.3) is 0 Å². The van der Waals surface area contributed by atoms with Crippen LogP contribution in [0.3, 0.4) is 0 Å². The van der Waals surface area contributed by atoms with E-state index in [0.29, 0.717) is 4.90 Å². The van der Waals surface area contributed by atoms with Crippen LogP contribution in [0, 0.1) is 35.3 Å². The van der Waals surface area contributed by atoms with Gasteiger partial charge in [-0.25, -0.2) is 23.2 Å². The summed E-state index contributed by atoms with van der Waals surface area (Å²) in [5, 5.41) is 11.1. The maximum absolute atomic E-state index is 13.7. The second-order valence-electron chi connectivity index (χ2n) is 9.80. The van der Waals surface area contributed by atoms with Gasteiger partial charge in [0.05, 0.1) is 24.2 Å². The maximum atomic E-state index is 13.7. The van der Waals surface area contributed by atoms with E-state index < -0.39 is 97.0 Å². The van der Waals surface area contributed by atoms with E-state index in [4.69, 9.17) is 29.4 Å². The molecule has 41 heavy (non-hydrogen) atoms. The highest BCUT2D eigenvalue weighted by Crippen LogP contribution is 2.64. The molecule has 0 unspecified atom stereocenters. The fourth-order valence-electron chi connectivity index (χ4n) is 4.69. The number of halogens is 3. The Morgan fingerprint density at radius 3 is 2.05 bits per heavy atom. The summed E-state index contributed by atoms with van der Waals surface area (Å²) in [6.07, 6.45) is -4.38. The highest BCUT2D eigenvalue weighted by molar-refractivity contribution is 7.99. The van der Waals surface area contributed by atoms with Gasteiger partial charge >= 0.3 is 24.2 Å². The fraction of sp³-hybridized carbons (Fsp3) is 0.600. The monoisotopic (exact) mass is 627 g/mol. The van der Waals surface area contributed by atoms with E-state index in [-0.39, 0.29) is 18.2 Å². The first-order valence-corrected chi connectivity index (χ1v) is 13.3. The van der Waals surface area contributed by atoms with Gasteiger partial charge in [-0.3, -0.25) is 4.79 Å². The van der Waals surface area contributed by atoms with Crippen LogP contribution in [-0.2, 0) is 38.0 Å². The van der Waals surface area contributed by atoms with Crippen molar-refractivity contribution in [2.45, 2.75) is 56.4 Å². The van der Waals surface area contributed by atoms with Gasteiger partial charge < -0.3 is 39.3 Å². The minimum atomic E-state index is -1.96. The van der Waals surface area contributed by atoms with E-state index in [1.165, 1.54) is 6.07 Å². The van der Waals surface area contributed by atoms with E-state index in [0.717, 1.165) is 23.9 Å². The molecule has 3 rings (SSSR count). The smallest absolute Gasteiger partial charge is 0.431 e. The first-order chi connectivity index (χ1) is 18.8. The topological polar surface area (TPSA) is 170 Å². The first-order valence-electron chi connectivity index (χ1n) is 12.3. The molecular weight excluding hydrogens is 596 g/mol. The molecule has 0 aromatic heterocycles. The molecule has 1 aromatic carbocycles. The molecule has 2 aliphatic carbocycles. The summed E-state index contributed by atoms with van der Waals surface area (Å²) < 4.78 is 55.9. The number of rotatable bonds is 11. The van der Waals surface area contributed by atoms with Crippen molar-refractivity contribution in [3.05, 3.63) is 29.8 Å². The molecule has 0 bridgehead atoms. The Kier molecular flexibility index (Phi) is 12.0. The Bertz CT molecular complexity index is 1130. The van der Waals surface area contributed by atoms with Gasteiger partial charge in [-0.05, 0) is 45.9 Å². The molecule has 0 spiro atoms. The van der Waals surface area contributed by atoms with Crippen molar-refractivity contribution in [2.75, 3.05) is 19.3 Å². The molecule has 0 heterocycles. The lowest BCUT2D eigenvalue weighted by Crippen LogP contribution is -2.59. The average Bonchev–Trinajstić information content (AvgIpc) is 3.56. The molecule has 230 valence electrons. The third-order valence-electron chi connectivity index (χ3n) is 6.40. The van der Waals surface area contributed by atoms with Gasteiger partial charge in [0.1, 0.15) is 5.54 Å². The van der Waals surface area contributed by atoms with E-state index >= 15 is 0 Å². The van der Waals surface area contributed by atoms with Crippen LogP contribution in [0.1, 0.15) is 27.7 Å². The number of carbonyl (C=O) groups is 4. The minimum Gasteiger partial charge on any atom is -0.431 e. The van der Waals surface area contributed by atoms with Crippen LogP contribution in [0.2, 0.25) is 0 Å². The Morgan fingerprint density at radius 1 is 0.951 bits per heavy atom. The number of ether oxygens (including phenoxy) is 6. The number of benzene rings is 1. The third kappa shape index (κ3) is 8.11. The zero-order valence-corrected chi connectivity index (χ0v) is 24.2. The van der Waals surface area contributed by atoms with Crippen molar-refractivity contribution in [3.63, 3.8) is 0 Å². The number of carbonyl (C=O) groups excluding carboxylic acids is 4. The van der Waals surface area contributed by atoms with Crippen molar-refractivity contribution < 1.29 is 61.5 Å². The number of esters is 2. The fourth-order valence-corrected chi connectivity index (χ4v) is 5.89. The lowest BCUT2D eigenvalue weighted by atomic mass is 9.81. The SMILES string of the molecule is CC(C)OC(=O)OCOC(=O)[C@H]1[C@@H]2[C@H](O)[C@@H](CSc3ccc(F)c(F)c3)[C@@](N)(C(=O)OCOC(=O)OC(C)C)[C@H]12.Cl. The molecule has 12 nitrogen and oxygen atoms in total. The van der Waals surface area contributed by atoms with Gasteiger partial charge in [-0.1, -0.05) is 0 Å². The number of aliphatic hydroxyl groups excluding tert-OH is 1. The molecule has 0 amide bonds. The minimum absolute atomic E-state index is 0. The molecule has 2 aliphatic rings. The zero-order chi connectivity index (χ0) is 29.8. The second kappa shape index (κ2) is 14.3. The van der Waals surface area contributed by atoms with Crippen molar-refractivity contribution in [1.29, 1.82) is 0 Å². The highest BCUT2D eigenvalue weighted by Gasteiger charge is 2.78. The molecule has 3 N–H and O–H groups in total. The van der Waals surface area contributed by atoms with Gasteiger partial charge in [0.25, 0.3) is 0 Å². The Morgan fingerprint density at radius 2 is 1.51 bits per heavy atom. The molecule has 0 saturated heterocycles. The molecule has 0 aliphatic heterocycles. The quantitative estimate of drug-likeness (QED) is 0.159. The number of thioether (sulfide) groups is 1. The van der Waals surface area contributed by atoms with Crippen LogP contribution in [0.5, 0.6) is 0 Å². The molecule has 2 fully saturated rings. The zero-order valence-electron chi connectivity index (χ0n) is 22.6. The van der Waals surface area contributed by atoms with Crippen molar-refractivity contribution in [1.82, 2.24) is 0 Å². The van der Waals surface area contributed by atoms with Crippen LogP contribution in [0.15, 0.2) is 23.1 Å². The summed E-state index contributed by atoms with van der Waals surface area (Å²) >= 11 is 1.01. The lowest BCUT2D eigenvalue weighted by Gasteiger charge is -2.34. The molecule has 1 aromatic rings. The number of fused-ring (bicyclic) bond motifs is 1. The summed E-state index contributed by atoms with van der Waals surface area (Å²) in [6, 6.07) is 3.21. The van der Waals surface area contributed by atoms with Crippen molar-refractivity contribution in [2.24, 2.45) is 29.4 Å². The van der Waals surface area contributed by atoms with Crippen molar-refractivity contribution in [3.8, 4) is 0 Å². The maximum Gasteiger partial charge on any atom is 0.511 e. The number of nitrogens with two attached hydrogens (primary N) is 1. The van der Waals surface area contributed by atoms with E-state index in [2.05, 4.69) is 4.74 Å². The lowest BCUT2D eigenvalue weighted by molar-refractivity contribution is -0.165. The highest BCUT2D eigenvalue weighted by atomic mass is 35.5. The van der Waals surface area contributed by atoms with Crippen molar-refractivity contribution >= 4 is 48.4 Å². The normalized spacial score (nSPS) is 26.0. The van der Waals surface area contributed by atoms with Gasteiger partial charge in [0.2, 0.25) is 13.6 Å². The molecule has 2 saturated carbocycles. The van der Waals surface area contributed by atoms with Crippen LogP contribution in [-0.4, -0.2) is 72.5 Å². The number of aliphatic hydroxyl groups is 1. The van der Waals surface area contributed by atoms with Gasteiger partial charge in [0, 0.05) is 28.4 Å². The Hall–Kier alpha value is -2.88. The van der Waals surface area contributed by atoms with E-state index in [9.17, 15) is 33.1 Å². The summed E-state index contributed by atoms with van der Waals surface area (Å²) in [7, 11) is 0. The molecule has 6 atom stereocenters.